The maximum Gasteiger partial charge on any atom is 0.108 e. The molecule has 1 aliphatic carbocycles. The smallest absolute Gasteiger partial charge is 0.108 e. The van der Waals surface area contributed by atoms with Gasteiger partial charge in [0.2, 0.25) is 0 Å². The number of ether oxygens (including phenoxy) is 1. The molecule has 1 aliphatic rings. The molecule has 1 fully saturated rings. The first-order valence-electron chi connectivity index (χ1n) is 7.40. The summed E-state index contributed by atoms with van der Waals surface area (Å²) in [6, 6.07) is 4.30. The van der Waals surface area contributed by atoms with Gasteiger partial charge in [-0.1, -0.05) is 25.0 Å². The first kappa shape index (κ1) is 14.5. The summed E-state index contributed by atoms with van der Waals surface area (Å²) in [6.45, 7) is 8.99. The molecule has 0 heterocycles. The first-order chi connectivity index (χ1) is 9.00. The van der Waals surface area contributed by atoms with E-state index in [-0.39, 0.29) is 5.60 Å². The molecule has 2 rings (SSSR count). The molecular formula is C17H26O2. The third kappa shape index (κ3) is 2.70. The summed E-state index contributed by atoms with van der Waals surface area (Å²) in [6.07, 6.45) is 3.74. The van der Waals surface area contributed by atoms with Crippen molar-refractivity contribution in [3.63, 3.8) is 0 Å². The Bertz CT molecular complexity index is 445. The molecule has 106 valence electrons. The van der Waals surface area contributed by atoms with Crippen LogP contribution in [0.5, 0.6) is 0 Å². The Hall–Kier alpha value is -0.860. The average molecular weight is 262 g/mol. The van der Waals surface area contributed by atoms with E-state index in [1.807, 2.05) is 6.92 Å². The van der Waals surface area contributed by atoms with Gasteiger partial charge in [-0.15, -0.1) is 0 Å². The molecule has 1 N–H and O–H groups in total. The molecule has 1 aromatic carbocycles. The van der Waals surface area contributed by atoms with Gasteiger partial charge in [0.25, 0.3) is 0 Å². The zero-order chi connectivity index (χ0) is 14.0. The van der Waals surface area contributed by atoms with Gasteiger partial charge in [0.1, 0.15) is 6.10 Å². The lowest BCUT2D eigenvalue weighted by atomic mass is 9.85. The number of benzene rings is 1. The molecule has 1 aromatic rings. The summed E-state index contributed by atoms with van der Waals surface area (Å²) in [4.78, 5) is 0. The van der Waals surface area contributed by atoms with Crippen LogP contribution in [0.3, 0.4) is 0 Å². The zero-order valence-corrected chi connectivity index (χ0v) is 12.6. The van der Waals surface area contributed by atoms with Crippen molar-refractivity contribution in [1.29, 1.82) is 0 Å². The van der Waals surface area contributed by atoms with Crippen molar-refractivity contribution < 1.29 is 9.84 Å². The summed E-state index contributed by atoms with van der Waals surface area (Å²) in [7, 11) is 0. The number of rotatable bonds is 4. The van der Waals surface area contributed by atoms with E-state index in [0.717, 1.165) is 31.2 Å². The summed E-state index contributed by atoms with van der Waals surface area (Å²) >= 11 is 0. The Labute approximate surface area is 116 Å². The third-order valence-electron chi connectivity index (χ3n) is 4.56. The molecular weight excluding hydrogens is 236 g/mol. The van der Waals surface area contributed by atoms with Crippen LogP contribution in [-0.2, 0) is 4.74 Å². The second-order valence-electron chi connectivity index (χ2n) is 5.90. The zero-order valence-electron chi connectivity index (χ0n) is 12.6. The van der Waals surface area contributed by atoms with Crippen molar-refractivity contribution in [2.24, 2.45) is 0 Å². The maximum atomic E-state index is 10.9. The van der Waals surface area contributed by atoms with Crippen LogP contribution in [0, 0.1) is 20.8 Å². The Morgan fingerprint density at radius 1 is 1.11 bits per heavy atom. The van der Waals surface area contributed by atoms with Crippen molar-refractivity contribution in [3.05, 3.63) is 34.4 Å². The predicted octanol–water partition coefficient (Wildman–Crippen LogP) is 3.99. The van der Waals surface area contributed by atoms with Gasteiger partial charge in [-0.05, 0) is 62.8 Å². The van der Waals surface area contributed by atoms with Crippen LogP contribution in [0.1, 0.15) is 61.0 Å². The van der Waals surface area contributed by atoms with E-state index in [2.05, 4.69) is 32.9 Å². The van der Waals surface area contributed by atoms with Crippen LogP contribution < -0.4 is 0 Å². The van der Waals surface area contributed by atoms with Crippen molar-refractivity contribution in [2.45, 2.75) is 65.1 Å². The second kappa shape index (κ2) is 5.64. The van der Waals surface area contributed by atoms with Crippen LogP contribution in [-0.4, -0.2) is 17.3 Å². The van der Waals surface area contributed by atoms with Gasteiger partial charge < -0.3 is 9.84 Å². The summed E-state index contributed by atoms with van der Waals surface area (Å²) < 4.78 is 5.98. The first-order valence-corrected chi connectivity index (χ1v) is 7.40. The molecule has 0 aliphatic heterocycles. The number of aliphatic hydroxyl groups excluding tert-OH is 1. The lowest BCUT2D eigenvalue weighted by Gasteiger charge is -2.35. The van der Waals surface area contributed by atoms with Crippen LogP contribution in [0.25, 0.3) is 0 Å². The van der Waals surface area contributed by atoms with E-state index in [9.17, 15) is 5.11 Å². The van der Waals surface area contributed by atoms with Gasteiger partial charge >= 0.3 is 0 Å². The topological polar surface area (TPSA) is 29.5 Å². The predicted molar refractivity (Wildman–Crippen MR) is 78.4 cm³/mol. The van der Waals surface area contributed by atoms with Gasteiger partial charge in [0.05, 0.1) is 5.60 Å². The highest BCUT2D eigenvalue weighted by molar-refractivity contribution is 5.38. The lowest BCUT2D eigenvalue weighted by molar-refractivity contribution is -0.118. The Kier molecular flexibility index (Phi) is 4.32. The summed E-state index contributed by atoms with van der Waals surface area (Å²) in [5, 5.41) is 10.9. The number of hydrogen-bond donors (Lipinski definition) is 1. The molecule has 0 amide bonds. The molecule has 1 atom stereocenters. The van der Waals surface area contributed by atoms with Crippen LogP contribution in [0.4, 0.5) is 0 Å². The Morgan fingerprint density at radius 2 is 1.68 bits per heavy atom. The van der Waals surface area contributed by atoms with Crippen LogP contribution >= 0.6 is 0 Å². The molecule has 19 heavy (non-hydrogen) atoms. The molecule has 1 unspecified atom stereocenters. The molecule has 0 aromatic heterocycles. The summed E-state index contributed by atoms with van der Waals surface area (Å²) in [5.74, 6) is 0. The SMILES string of the molecule is CCOC1(C(O)c2cc(C)c(C)cc2C)CCCC1. The van der Waals surface area contributed by atoms with Gasteiger partial charge in [-0.2, -0.15) is 0 Å². The lowest BCUT2D eigenvalue weighted by Crippen LogP contribution is -2.37. The minimum absolute atomic E-state index is 0.360. The Balaban J connectivity index is 2.37. The van der Waals surface area contributed by atoms with E-state index < -0.39 is 6.10 Å². The minimum Gasteiger partial charge on any atom is -0.385 e. The molecule has 2 nitrogen and oxygen atoms in total. The maximum absolute atomic E-state index is 10.9. The standard InChI is InChI=1S/C17H26O2/c1-5-19-17(8-6-7-9-17)16(18)15-11-13(3)12(2)10-14(15)4/h10-11,16,18H,5-9H2,1-4H3. The number of hydrogen-bond acceptors (Lipinski definition) is 2. The van der Waals surface area contributed by atoms with E-state index >= 15 is 0 Å². The molecule has 2 heteroatoms. The third-order valence-corrected chi connectivity index (χ3v) is 4.56. The second-order valence-corrected chi connectivity index (χ2v) is 5.90. The van der Waals surface area contributed by atoms with Crippen molar-refractivity contribution in [2.75, 3.05) is 6.61 Å². The van der Waals surface area contributed by atoms with Crippen LogP contribution in [0.2, 0.25) is 0 Å². The van der Waals surface area contributed by atoms with E-state index in [1.54, 1.807) is 0 Å². The number of aliphatic hydroxyl groups is 1. The van der Waals surface area contributed by atoms with Crippen molar-refractivity contribution in [1.82, 2.24) is 0 Å². The highest BCUT2D eigenvalue weighted by atomic mass is 16.5. The van der Waals surface area contributed by atoms with E-state index in [0.29, 0.717) is 6.61 Å². The highest BCUT2D eigenvalue weighted by Crippen LogP contribution is 2.44. The number of aryl methyl sites for hydroxylation is 3. The average Bonchev–Trinajstić information content (AvgIpc) is 2.83. The molecule has 0 saturated heterocycles. The quantitative estimate of drug-likeness (QED) is 0.889. The fraction of sp³-hybridized carbons (Fsp3) is 0.647. The van der Waals surface area contributed by atoms with Gasteiger partial charge in [0.15, 0.2) is 0 Å². The van der Waals surface area contributed by atoms with Crippen LogP contribution in [0.15, 0.2) is 12.1 Å². The largest absolute Gasteiger partial charge is 0.385 e. The van der Waals surface area contributed by atoms with Gasteiger partial charge in [-0.25, -0.2) is 0 Å². The van der Waals surface area contributed by atoms with Crippen molar-refractivity contribution >= 4 is 0 Å². The monoisotopic (exact) mass is 262 g/mol. The minimum atomic E-state index is -0.505. The van der Waals surface area contributed by atoms with E-state index in [4.69, 9.17) is 4.74 Å². The fourth-order valence-corrected chi connectivity index (χ4v) is 3.32. The molecule has 1 saturated carbocycles. The normalized spacial score (nSPS) is 19.6. The molecule has 0 bridgehead atoms. The molecule has 0 radical (unpaired) electrons. The molecule has 0 spiro atoms. The fourth-order valence-electron chi connectivity index (χ4n) is 3.32. The van der Waals surface area contributed by atoms with Gasteiger partial charge in [0, 0.05) is 6.61 Å². The highest BCUT2D eigenvalue weighted by Gasteiger charge is 2.42. The summed E-state index contributed by atoms with van der Waals surface area (Å²) in [5.41, 5.74) is 4.37. The Morgan fingerprint density at radius 3 is 2.26 bits per heavy atom. The van der Waals surface area contributed by atoms with Gasteiger partial charge in [-0.3, -0.25) is 0 Å². The van der Waals surface area contributed by atoms with E-state index in [1.165, 1.54) is 16.7 Å². The van der Waals surface area contributed by atoms with Crippen molar-refractivity contribution in [3.8, 4) is 0 Å².